The van der Waals surface area contributed by atoms with E-state index in [1.54, 1.807) is 20.8 Å². The van der Waals surface area contributed by atoms with E-state index >= 15 is 0 Å². The van der Waals surface area contributed by atoms with Crippen molar-refractivity contribution < 1.29 is 14.7 Å². The standard InChI is InChI=1S/C22H21N5O3/c1-4-30-21(28)17-12-26-20(24-17)18(16-10-13(2)27(29)14(3)11-16)19(25-22(26)23)15-8-6-5-7-9-15/h5-12,23,29H,4H2,1-3H3. The Morgan fingerprint density at radius 2 is 1.80 bits per heavy atom. The van der Waals surface area contributed by atoms with Crippen LogP contribution < -0.4 is 10.8 Å². The Hall–Kier alpha value is -3.78. The van der Waals surface area contributed by atoms with Gasteiger partial charge >= 0.3 is 5.97 Å². The molecule has 0 saturated carbocycles. The molecule has 0 saturated heterocycles. The lowest BCUT2D eigenvalue weighted by atomic mass is 10.0. The summed E-state index contributed by atoms with van der Waals surface area (Å²) in [6.45, 7) is 5.54. The van der Waals surface area contributed by atoms with Crippen molar-refractivity contribution in [2.75, 3.05) is 6.61 Å². The van der Waals surface area contributed by atoms with Crippen LogP contribution in [0.2, 0.25) is 0 Å². The number of benzene rings is 1. The molecule has 1 aliphatic heterocycles. The SMILES string of the molecule is CCOC(=O)c1cn2c(=N)nc(-c3ccccc3)c(=C3C=C(C)N(O)C(C)=C3)c2n1. The smallest absolute Gasteiger partial charge is 0.358 e. The Balaban J connectivity index is 2.15. The van der Waals surface area contributed by atoms with Gasteiger partial charge in [-0.15, -0.1) is 0 Å². The summed E-state index contributed by atoms with van der Waals surface area (Å²) in [6, 6.07) is 9.52. The maximum atomic E-state index is 12.3. The van der Waals surface area contributed by atoms with Crippen molar-refractivity contribution in [3.8, 4) is 11.3 Å². The van der Waals surface area contributed by atoms with Crippen LogP contribution in [0.25, 0.3) is 22.5 Å². The highest BCUT2D eigenvalue weighted by Gasteiger charge is 2.19. The minimum atomic E-state index is -0.554. The van der Waals surface area contributed by atoms with E-state index in [-0.39, 0.29) is 17.9 Å². The third kappa shape index (κ3) is 3.27. The predicted molar refractivity (Wildman–Crippen MR) is 110 cm³/mol. The van der Waals surface area contributed by atoms with Crippen molar-refractivity contribution in [1.29, 1.82) is 5.41 Å². The van der Waals surface area contributed by atoms with Crippen LogP contribution in [-0.4, -0.2) is 37.2 Å². The average Bonchev–Trinajstić information content (AvgIpc) is 3.18. The van der Waals surface area contributed by atoms with Gasteiger partial charge in [-0.05, 0) is 38.5 Å². The van der Waals surface area contributed by atoms with E-state index < -0.39 is 5.97 Å². The second kappa shape index (κ2) is 7.57. The summed E-state index contributed by atoms with van der Waals surface area (Å²) >= 11 is 0. The number of allylic oxidation sites excluding steroid dienone is 4. The molecule has 1 aromatic carbocycles. The monoisotopic (exact) mass is 403 g/mol. The van der Waals surface area contributed by atoms with Crippen LogP contribution >= 0.6 is 0 Å². The van der Waals surface area contributed by atoms with Crippen LogP contribution in [0.4, 0.5) is 0 Å². The van der Waals surface area contributed by atoms with Crippen LogP contribution in [-0.2, 0) is 4.74 Å². The average molecular weight is 403 g/mol. The molecule has 2 aromatic heterocycles. The molecular weight excluding hydrogens is 382 g/mol. The lowest BCUT2D eigenvalue weighted by molar-refractivity contribution is -0.0190. The summed E-state index contributed by atoms with van der Waals surface area (Å²) in [7, 11) is 0. The van der Waals surface area contributed by atoms with E-state index in [0.29, 0.717) is 28.0 Å². The van der Waals surface area contributed by atoms with E-state index in [4.69, 9.17) is 10.1 Å². The Bertz CT molecular complexity index is 1300. The van der Waals surface area contributed by atoms with Gasteiger partial charge in [0.2, 0.25) is 5.62 Å². The van der Waals surface area contributed by atoms with Crippen molar-refractivity contribution in [2.24, 2.45) is 0 Å². The first-order valence-corrected chi connectivity index (χ1v) is 9.51. The van der Waals surface area contributed by atoms with Gasteiger partial charge in [-0.1, -0.05) is 30.3 Å². The van der Waals surface area contributed by atoms with Crippen molar-refractivity contribution >= 4 is 17.2 Å². The van der Waals surface area contributed by atoms with Gasteiger partial charge in [0, 0.05) is 23.2 Å². The number of hydrogen-bond donors (Lipinski definition) is 2. The fourth-order valence-electron chi connectivity index (χ4n) is 3.45. The molecule has 152 valence electrons. The molecule has 0 unspecified atom stereocenters. The van der Waals surface area contributed by atoms with Gasteiger partial charge in [0.05, 0.1) is 17.5 Å². The first-order valence-electron chi connectivity index (χ1n) is 9.51. The molecule has 0 fully saturated rings. The van der Waals surface area contributed by atoms with E-state index in [0.717, 1.165) is 16.2 Å². The fourth-order valence-corrected chi connectivity index (χ4v) is 3.45. The summed E-state index contributed by atoms with van der Waals surface area (Å²) in [5.41, 5.74) is 3.92. The molecule has 3 aromatic rings. The number of carbonyl (C=O) groups excluding carboxylic acids is 1. The van der Waals surface area contributed by atoms with Crippen molar-refractivity contribution in [3.05, 3.63) is 76.6 Å². The number of nitrogens with zero attached hydrogens (tertiary/aromatic N) is 4. The molecule has 2 N–H and O–H groups in total. The normalized spacial score (nSPS) is 14.0. The number of ether oxygens (including phenoxy) is 1. The zero-order valence-electron chi connectivity index (χ0n) is 16.9. The molecule has 0 atom stereocenters. The lowest BCUT2D eigenvalue weighted by Crippen LogP contribution is -2.28. The number of hydroxylamine groups is 2. The second-order valence-electron chi connectivity index (χ2n) is 6.90. The molecule has 4 rings (SSSR count). The van der Waals surface area contributed by atoms with E-state index in [2.05, 4.69) is 9.97 Å². The summed E-state index contributed by atoms with van der Waals surface area (Å²) < 4.78 is 6.55. The molecule has 1 aliphatic rings. The Labute approximate surface area is 172 Å². The van der Waals surface area contributed by atoms with Crippen molar-refractivity contribution in [1.82, 2.24) is 19.4 Å². The maximum absolute atomic E-state index is 12.3. The van der Waals surface area contributed by atoms with Gasteiger partial charge in [0.25, 0.3) is 0 Å². The molecule has 8 nitrogen and oxygen atoms in total. The number of aromatic nitrogens is 3. The molecule has 3 heterocycles. The van der Waals surface area contributed by atoms with Gasteiger partial charge in [-0.3, -0.25) is 15.0 Å². The highest BCUT2D eigenvalue weighted by molar-refractivity contribution is 5.88. The second-order valence-corrected chi connectivity index (χ2v) is 6.90. The third-order valence-electron chi connectivity index (χ3n) is 4.83. The Kier molecular flexibility index (Phi) is 4.93. The quantitative estimate of drug-likeness (QED) is 0.651. The number of hydrogen-bond acceptors (Lipinski definition) is 7. The highest BCUT2D eigenvalue weighted by Crippen LogP contribution is 2.22. The number of imidazole rings is 1. The zero-order valence-corrected chi connectivity index (χ0v) is 16.9. The summed E-state index contributed by atoms with van der Waals surface area (Å²) in [5.74, 6) is -0.554. The van der Waals surface area contributed by atoms with Crippen molar-refractivity contribution in [3.63, 3.8) is 0 Å². The van der Waals surface area contributed by atoms with Gasteiger partial charge in [0.1, 0.15) is 0 Å². The first kappa shape index (κ1) is 19.5. The highest BCUT2D eigenvalue weighted by atomic mass is 16.5. The third-order valence-corrected chi connectivity index (χ3v) is 4.83. The summed E-state index contributed by atoms with van der Waals surface area (Å²) in [5, 5.41) is 20.3. The fraction of sp³-hybridized carbons (Fsp3) is 0.182. The molecular formula is C22H21N5O3. The number of nitrogens with one attached hydrogen (secondary N) is 1. The molecule has 8 heteroatoms. The van der Waals surface area contributed by atoms with Gasteiger partial charge in [0.15, 0.2) is 11.3 Å². The van der Waals surface area contributed by atoms with Gasteiger partial charge < -0.3 is 4.74 Å². The molecule has 0 spiro atoms. The van der Waals surface area contributed by atoms with Crippen LogP contribution in [0, 0.1) is 5.41 Å². The molecule has 0 amide bonds. The van der Waals surface area contributed by atoms with Crippen LogP contribution in [0.1, 0.15) is 31.3 Å². The predicted octanol–water partition coefficient (Wildman–Crippen LogP) is 2.43. The van der Waals surface area contributed by atoms with Crippen LogP contribution in [0.5, 0.6) is 0 Å². The van der Waals surface area contributed by atoms with Crippen LogP contribution in [0.15, 0.2) is 60.1 Å². The van der Waals surface area contributed by atoms with E-state index in [1.807, 2.05) is 42.5 Å². The largest absolute Gasteiger partial charge is 0.461 e. The Morgan fingerprint density at radius 3 is 2.43 bits per heavy atom. The number of rotatable bonds is 3. The minimum absolute atomic E-state index is 0.0442. The summed E-state index contributed by atoms with van der Waals surface area (Å²) in [4.78, 5) is 21.3. The molecule has 0 aliphatic carbocycles. The van der Waals surface area contributed by atoms with E-state index in [1.165, 1.54) is 10.6 Å². The van der Waals surface area contributed by atoms with Crippen LogP contribution in [0.3, 0.4) is 0 Å². The van der Waals surface area contributed by atoms with Crippen molar-refractivity contribution in [2.45, 2.75) is 20.8 Å². The molecule has 30 heavy (non-hydrogen) atoms. The molecule has 0 radical (unpaired) electrons. The minimum Gasteiger partial charge on any atom is -0.461 e. The topological polar surface area (TPSA) is 104 Å². The molecule has 0 bridgehead atoms. The zero-order chi connectivity index (χ0) is 21.4. The lowest BCUT2D eigenvalue weighted by Gasteiger charge is -2.22. The van der Waals surface area contributed by atoms with Gasteiger partial charge in [-0.25, -0.2) is 19.8 Å². The number of esters is 1. The Morgan fingerprint density at radius 1 is 1.13 bits per heavy atom. The van der Waals surface area contributed by atoms with Gasteiger partial charge in [-0.2, -0.15) is 0 Å². The van der Waals surface area contributed by atoms with E-state index in [9.17, 15) is 10.0 Å². The number of fused-ring (bicyclic) bond motifs is 1. The summed E-state index contributed by atoms with van der Waals surface area (Å²) in [6.07, 6.45) is 5.10. The maximum Gasteiger partial charge on any atom is 0.358 e. The number of carbonyl (C=O) groups is 1. The first-order chi connectivity index (χ1) is 14.4.